The fourth-order valence-electron chi connectivity index (χ4n) is 0.323. The molecule has 0 aromatic carbocycles. The first kappa shape index (κ1) is 8.79. The van der Waals surface area contributed by atoms with Crippen LogP contribution in [0, 0.1) is 0 Å². The lowest BCUT2D eigenvalue weighted by Crippen LogP contribution is -1.76. The highest BCUT2D eigenvalue weighted by atomic mass is 32.2. The summed E-state index contributed by atoms with van der Waals surface area (Å²) >= 11 is 1.28. The maximum absolute atomic E-state index is 5.28. The molecule has 0 saturated carbocycles. The predicted molar refractivity (Wildman–Crippen MR) is 45.0 cm³/mol. The second-order valence-electron chi connectivity index (χ2n) is 2.14. The summed E-state index contributed by atoms with van der Waals surface area (Å²) in [5, 5.41) is 5.28. The first-order valence-corrected chi connectivity index (χ1v) is 3.73. The van der Waals surface area contributed by atoms with Gasteiger partial charge in [0, 0.05) is 0 Å². The monoisotopic (exact) mass is 143 g/mol. The molecule has 0 atom stereocenters. The van der Waals surface area contributed by atoms with Crippen LogP contribution in [0.2, 0.25) is 0 Å². The van der Waals surface area contributed by atoms with Gasteiger partial charge in [-0.2, -0.15) is 0 Å². The Hall–Kier alpha value is -0.210. The van der Waals surface area contributed by atoms with E-state index in [9.17, 15) is 0 Å². The van der Waals surface area contributed by atoms with Crippen molar-refractivity contribution in [3.63, 3.8) is 0 Å². The summed E-state index contributed by atoms with van der Waals surface area (Å²) in [7, 11) is 0. The van der Waals surface area contributed by atoms with Gasteiger partial charge in [-0.3, -0.25) is 5.14 Å². The topological polar surface area (TPSA) is 26.0 Å². The summed E-state index contributed by atoms with van der Waals surface area (Å²) in [6.07, 6.45) is 4.06. The molecule has 52 valence electrons. The molecule has 1 nitrogen and oxygen atoms in total. The Morgan fingerprint density at radius 2 is 1.78 bits per heavy atom. The summed E-state index contributed by atoms with van der Waals surface area (Å²) in [5.41, 5.74) is 1.29. The van der Waals surface area contributed by atoms with E-state index in [4.69, 9.17) is 5.14 Å². The Labute approximate surface area is 61.1 Å². The molecule has 0 aromatic heterocycles. The highest BCUT2D eigenvalue weighted by Crippen LogP contribution is 2.05. The van der Waals surface area contributed by atoms with Crippen molar-refractivity contribution in [2.24, 2.45) is 5.14 Å². The second kappa shape index (κ2) is 4.65. The Morgan fingerprint density at radius 3 is 2.11 bits per heavy atom. The molecule has 0 spiro atoms. The molecule has 0 saturated heterocycles. The van der Waals surface area contributed by atoms with Crippen molar-refractivity contribution < 1.29 is 0 Å². The molecular formula is C7H13NS. The fraction of sp³-hybridized carbons (Fsp3) is 0.429. The van der Waals surface area contributed by atoms with E-state index in [1.54, 1.807) is 0 Å². The maximum Gasteiger partial charge on any atom is -0.00300 e. The van der Waals surface area contributed by atoms with Gasteiger partial charge in [-0.15, -0.1) is 0 Å². The van der Waals surface area contributed by atoms with Gasteiger partial charge in [-0.05, 0) is 25.7 Å². The van der Waals surface area contributed by atoms with Crippen LogP contribution in [0.5, 0.6) is 0 Å². The van der Waals surface area contributed by atoms with Crippen molar-refractivity contribution in [1.82, 2.24) is 0 Å². The zero-order valence-corrected chi connectivity index (χ0v) is 6.96. The van der Waals surface area contributed by atoms with Crippen molar-refractivity contribution in [2.45, 2.75) is 20.8 Å². The quantitative estimate of drug-likeness (QED) is 0.474. The predicted octanol–water partition coefficient (Wildman–Crippen LogP) is 2.46. The summed E-state index contributed by atoms with van der Waals surface area (Å²) in [6, 6.07) is 0. The third-order valence-electron chi connectivity index (χ3n) is 0.837. The molecular weight excluding hydrogens is 130 g/mol. The average molecular weight is 143 g/mol. The Morgan fingerprint density at radius 1 is 1.22 bits per heavy atom. The molecule has 0 amide bonds. The van der Waals surface area contributed by atoms with Crippen LogP contribution in [0.25, 0.3) is 0 Å². The minimum Gasteiger partial charge on any atom is -0.274 e. The Bertz CT molecular complexity index is 132. The van der Waals surface area contributed by atoms with Gasteiger partial charge in [-0.1, -0.05) is 29.7 Å². The standard InChI is InChI=1S/C7H13NS/c1-6(2)4-5-7(3)9-8/h4-5H,8H2,1-3H3. The number of hydrogen-bond donors (Lipinski definition) is 1. The first-order valence-electron chi connectivity index (χ1n) is 2.85. The SMILES string of the molecule is CC(C)=CC=C(C)SN. The van der Waals surface area contributed by atoms with Gasteiger partial charge in [0.25, 0.3) is 0 Å². The van der Waals surface area contributed by atoms with E-state index in [1.807, 2.05) is 13.0 Å². The number of allylic oxidation sites excluding steroid dienone is 4. The second-order valence-corrected chi connectivity index (χ2v) is 3.02. The van der Waals surface area contributed by atoms with E-state index in [-0.39, 0.29) is 0 Å². The summed E-state index contributed by atoms with van der Waals surface area (Å²) in [4.78, 5) is 1.14. The van der Waals surface area contributed by atoms with E-state index in [1.165, 1.54) is 17.5 Å². The fourth-order valence-corrected chi connectivity index (χ4v) is 0.470. The maximum atomic E-state index is 5.28. The molecule has 2 N–H and O–H groups in total. The largest absolute Gasteiger partial charge is 0.274 e. The van der Waals surface area contributed by atoms with Crippen LogP contribution >= 0.6 is 11.9 Å². The lowest BCUT2D eigenvalue weighted by atomic mass is 10.3. The van der Waals surface area contributed by atoms with Crippen LogP contribution in [0.15, 0.2) is 22.6 Å². The van der Waals surface area contributed by atoms with Gasteiger partial charge in [0.15, 0.2) is 0 Å². The molecule has 0 bridgehead atoms. The van der Waals surface area contributed by atoms with Crippen LogP contribution < -0.4 is 5.14 Å². The number of nitrogens with two attached hydrogens (primary N) is 1. The highest BCUT2D eigenvalue weighted by Gasteiger charge is 1.79. The van der Waals surface area contributed by atoms with E-state index in [2.05, 4.69) is 19.9 Å². The van der Waals surface area contributed by atoms with Crippen LogP contribution in [-0.2, 0) is 0 Å². The van der Waals surface area contributed by atoms with Crippen molar-refractivity contribution in [3.05, 3.63) is 22.6 Å². The Kier molecular flexibility index (Phi) is 4.54. The van der Waals surface area contributed by atoms with E-state index < -0.39 is 0 Å². The molecule has 0 unspecified atom stereocenters. The molecule has 0 aliphatic carbocycles. The van der Waals surface area contributed by atoms with Crippen LogP contribution in [0.3, 0.4) is 0 Å². The third kappa shape index (κ3) is 5.66. The Balaban J connectivity index is 3.83. The van der Waals surface area contributed by atoms with Gasteiger partial charge in [0.1, 0.15) is 0 Å². The van der Waals surface area contributed by atoms with Crippen LogP contribution in [0.4, 0.5) is 0 Å². The molecule has 0 aromatic rings. The van der Waals surface area contributed by atoms with E-state index >= 15 is 0 Å². The molecule has 0 aliphatic heterocycles. The van der Waals surface area contributed by atoms with Crippen molar-refractivity contribution in [1.29, 1.82) is 0 Å². The van der Waals surface area contributed by atoms with Gasteiger partial charge in [0.05, 0.1) is 0 Å². The van der Waals surface area contributed by atoms with Crippen LogP contribution in [0.1, 0.15) is 20.8 Å². The molecule has 0 heterocycles. The van der Waals surface area contributed by atoms with Gasteiger partial charge < -0.3 is 0 Å². The van der Waals surface area contributed by atoms with Crippen LogP contribution in [-0.4, -0.2) is 0 Å². The summed E-state index contributed by atoms with van der Waals surface area (Å²) < 4.78 is 0. The van der Waals surface area contributed by atoms with Gasteiger partial charge in [0.2, 0.25) is 0 Å². The zero-order valence-electron chi connectivity index (χ0n) is 6.14. The molecule has 0 radical (unpaired) electrons. The smallest absolute Gasteiger partial charge is 0.00300 e. The van der Waals surface area contributed by atoms with E-state index in [0.29, 0.717) is 0 Å². The molecule has 9 heavy (non-hydrogen) atoms. The minimum absolute atomic E-state index is 1.14. The first-order chi connectivity index (χ1) is 4.16. The third-order valence-corrected chi connectivity index (χ3v) is 1.35. The highest BCUT2D eigenvalue weighted by molar-refractivity contribution is 8.00. The van der Waals surface area contributed by atoms with Gasteiger partial charge in [-0.25, -0.2) is 0 Å². The average Bonchev–Trinajstić information content (AvgIpc) is 1.83. The minimum atomic E-state index is 1.14. The molecule has 0 aliphatic rings. The lowest BCUT2D eigenvalue weighted by Gasteiger charge is -1.89. The zero-order chi connectivity index (χ0) is 7.28. The molecule has 0 rings (SSSR count). The summed E-state index contributed by atoms with van der Waals surface area (Å²) in [6.45, 7) is 6.11. The number of hydrogen-bond acceptors (Lipinski definition) is 2. The summed E-state index contributed by atoms with van der Waals surface area (Å²) in [5.74, 6) is 0. The number of rotatable bonds is 2. The van der Waals surface area contributed by atoms with Crippen molar-refractivity contribution >= 4 is 11.9 Å². The lowest BCUT2D eigenvalue weighted by molar-refractivity contribution is 1.39. The van der Waals surface area contributed by atoms with E-state index in [0.717, 1.165) is 4.91 Å². The molecule has 2 heteroatoms. The van der Waals surface area contributed by atoms with Crippen molar-refractivity contribution in [2.75, 3.05) is 0 Å². The normalized spacial score (nSPS) is 11.3. The molecule has 0 fully saturated rings. The van der Waals surface area contributed by atoms with Gasteiger partial charge >= 0.3 is 0 Å². The van der Waals surface area contributed by atoms with Crippen molar-refractivity contribution in [3.8, 4) is 0 Å².